The van der Waals surface area contributed by atoms with E-state index in [0.29, 0.717) is 0 Å². The van der Waals surface area contributed by atoms with Crippen molar-refractivity contribution in [2.45, 2.75) is 25.8 Å². The highest BCUT2D eigenvalue weighted by Gasteiger charge is 2.14. The lowest BCUT2D eigenvalue weighted by atomic mass is 10.2. The smallest absolute Gasteiger partial charge is 0.143 e. The zero-order valence-electron chi connectivity index (χ0n) is 10.6. The summed E-state index contributed by atoms with van der Waals surface area (Å²) in [5, 5.41) is 11.9. The van der Waals surface area contributed by atoms with Gasteiger partial charge in [-0.05, 0) is 51.1 Å². The van der Waals surface area contributed by atoms with E-state index in [4.69, 9.17) is 5.26 Å². The van der Waals surface area contributed by atoms with Crippen LogP contribution < -0.4 is 5.32 Å². The molecular formula is C14H18FN3. The van der Waals surface area contributed by atoms with Gasteiger partial charge in [0.25, 0.3) is 0 Å². The van der Waals surface area contributed by atoms with Gasteiger partial charge in [-0.3, -0.25) is 0 Å². The molecular weight excluding hydrogens is 229 g/mol. The van der Waals surface area contributed by atoms with Crippen LogP contribution in [-0.2, 0) is 0 Å². The lowest BCUT2D eigenvalue weighted by Crippen LogP contribution is -2.32. The fourth-order valence-corrected chi connectivity index (χ4v) is 2.38. The van der Waals surface area contributed by atoms with Gasteiger partial charge >= 0.3 is 0 Å². The number of nitrogens with zero attached hydrogens (tertiary/aromatic N) is 2. The van der Waals surface area contributed by atoms with Crippen molar-refractivity contribution in [3.8, 4) is 6.07 Å². The van der Waals surface area contributed by atoms with Crippen LogP contribution in [0.2, 0.25) is 0 Å². The zero-order valence-corrected chi connectivity index (χ0v) is 10.6. The number of nitriles is 1. The van der Waals surface area contributed by atoms with Gasteiger partial charge in [0, 0.05) is 18.3 Å². The minimum Gasteiger partial charge on any atom is -0.381 e. The molecule has 1 aromatic carbocycles. The molecule has 0 amide bonds. The van der Waals surface area contributed by atoms with Crippen molar-refractivity contribution >= 4 is 5.69 Å². The highest BCUT2D eigenvalue weighted by atomic mass is 19.1. The fraction of sp³-hybridized carbons (Fsp3) is 0.500. The van der Waals surface area contributed by atoms with Crippen molar-refractivity contribution in [1.82, 2.24) is 4.90 Å². The molecule has 18 heavy (non-hydrogen) atoms. The van der Waals surface area contributed by atoms with Crippen LogP contribution in [-0.4, -0.2) is 30.6 Å². The molecule has 96 valence electrons. The molecule has 1 unspecified atom stereocenters. The molecule has 0 saturated carbocycles. The summed E-state index contributed by atoms with van der Waals surface area (Å²) in [5.74, 6) is -0.462. The Hall–Kier alpha value is -1.60. The molecule has 0 spiro atoms. The van der Waals surface area contributed by atoms with Crippen molar-refractivity contribution in [3.63, 3.8) is 0 Å². The molecule has 1 fully saturated rings. The lowest BCUT2D eigenvalue weighted by Gasteiger charge is -2.22. The Kier molecular flexibility index (Phi) is 4.16. The molecule has 1 saturated heterocycles. The van der Waals surface area contributed by atoms with Gasteiger partial charge in [-0.1, -0.05) is 0 Å². The monoisotopic (exact) mass is 247 g/mol. The maximum absolute atomic E-state index is 13.4. The summed E-state index contributed by atoms with van der Waals surface area (Å²) in [7, 11) is 0. The maximum Gasteiger partial charge on any atom is 0.143 e. The Bertz CT molecular complexity index is 447. The van der Waals surface area contributed by atoms with Crippen LogP contribution in [0.4, 0.5) is 10.1 Å². The molecule has 1 aliphatic heterocycles. The third kappa shape index (κ3) is 3.21. The number of hydrogen-bond acceptors (Lipinski definition) is 3. The van der Waals surface area contributed by atoms with Crippen LogP contribution in [0.1, 0.15) is 25.3 Å². The van der Waals surface area contributed by atoms with Gasteiger partial charge in [0.05, 0.1) is 5.56 Å². The zero-order chi connectivity index (χ0) is 13.0. The minimum atomic E-state index is -0.462. The predicted molar refractivity (Wildman–Crippen MR) is 69.9 cm³/mol. The first-order valence-electron chi connectivity index (χ1n) is 6.37. The van der Waals surface area contributed by atoms with Gasteiger partial charge in [-0.2, -0.15) is 5.26 Å². The Balaban J connectivity index is 1.92. The van der Waals surface area contributed by atoms with Gasteiger partial charge in [-0.15, -0.1) is 0 Å². The quantitative estimate of drug-likeness (QED) is 0.889. The van der Waals surface area contributed by atoms with E-state index >= 15 is 0 Å². The molecule has 1 aromatic rings. The molecule has 1 heterocycles. The number of nitrogens with one attached hydrogen (secondary N) is 1. The molecule has 0 radical (unpaired) electrons. The second-order valence-corrected chi connectivity index (χ2v) is 4.86. The van der Waals surface area contributed by atoms with Crippen molar-refractivity contribution in [3.05, 3.63) is 29.6 Å². The summed E-state index contributed by atoms with van der Waals surface area (Å²) in [6.45, 7) is 5.39. The molecule has 0 bridgehead atoms. The van der Waals surface area contributed by atoms with Crippen molar-refractivity contribution in [1.29, 1.82) is 5.26 Å². The topological polar surface area (TPSA) is 39.1 Å². The molecule has 3 nitrogen and oxygen atoms in total. The van der Waals surface area contributed by atoms with E-state index in [-0.39, 0.29) is 11.6 Å². The molecule has 1 atom stereocenters. The number of rotatable bonds is 4. The molecule has 2 rings (SSSR count). The van der Waals surface area contributed by atoms with Gasteiger partial charge in [0.1, 0.15) is 11.9 Å². The summed E-state index contributed by atoms with van der Waals surface area (Å²) in [6, 6.07) is 6.75. The Morgan fingerprint density at radius 1 is 1.44 bits per heavy atom. The molecule has 0 aromatic heterocycles. The molecule has 0 aliphatic carbocycles. The summed E-state index contributed by atoms with van der Waals surface area (Å²) in [6.07, 6.45) is 2.55. The number of anilines is 1. The molecule has 1 aliphatic rings. The summed E-state index contributed by atoms with van der Waals surface area (Å²) < 4.78 is 13.4. The van der Waals surface area contributed by atoms with Crippen LogP contribution in [0.5, 0.6) is 0 Å². The first kappa shape index (κ1) is 12.8. The highest BCUT2D eigenvalue weighted by Crippen LogP contribution is 2.15. The Labute approximate surface area is 107 Å². The standard InChI is InChI=1S/C14H18FN3/c1-11(10-18-6-2-3-7-18)17-13-5-4-12(9-16)14(15)8-13/h4-5,8,11,17H,2-3,6-7,10H2,1H3. The van der Waals surface area contributed by atoms with Gasteiger partial charge < -0.3 is 10.2 Å². The van der Waals surface area contributed by atoms with E-state index in [9.17, 15) is 4.39 Å². The average molecular weight is 247 g/mol. The number of likely N-dealkylation sites (tertiary alicyclic amines) is 1. The molecule has 4 heteroatoms. The van der Waals surface area contributed by atoms with Crippen molar-refractivity contribution in [2.24, 2.45) is 0 Å². The third-order valence-electron chi connectivity index (χ3n) is 3.23. The van der Waals surface area contributed by atoms with Crippen LogP contribution in [0.25, 0.3) is 0 Å². The van der Waals surface area contributed by atoms with E-state index < -0.39 is 5.82 Å². The normalized spacial score (nSPS) is 17.4. The van der Waals surface area contributed by atoms with Crippen LogP contribution in [0.15, 0.2) is 18.2 Å². The number of halogens is 1. The fourth-order valence-electron chi connectivity index (χ4n) is 2.38. The summed E-state index contributed by atoms with van der Waals surface area (Å²) >= 11 is 0. The third-order valence-corrected chi connectivity index (χ3v) is 3.23. The number of benzene rings is 1. The van der Waals surface area contributed by atoms with Gasteiger partial charge in [-0.25, -0.2) is 4.39 Å². The van der Waals surface area contributed by atoms with Crippen LogP contribution in [0.3, 0.4) is 0 Å². The SMILES string of the molecule is CC(CN1CCCC1)Nc1ccc(C#N)c(F)c1. The lowest BCUT2D eigenvalue weighted by molar-refractivity contribution is 0.328. The Morgan fingerprint density at radius 2 is 2.17 bits per heavy atom. The van der Waals surface area contributed by atoms with E-state index in [0.717, 1.165) is 25.3 Å². The second-order valence-electron chi connectivity index (χ2n) is 4.86. The minimum absolute atomic E-state index is 0.0905. The predicted octanol–water partition coefficient (Wildman–Crippen LogP) is 2.59. The average Bonchev–Trinajstić information content (AvgIpc) is 2.82. The van der Waals surface area contributed by atoms with E-state index in [1.165, 1.54) is 25.0 Å². The van der Waals surface area contributed by atoms with Gasteiger partial charge in [0.2, 0.25) is 0 Å². The first-order chi connectivity index (χ1) is 8.69. The second kappa shape index (κ2) is 5.83. The van der Waals surface area contributed by atoms with Crippen LogP contribution in [0, 0.1) is 17.1 Å². The van der Waals surface area contributed by atoms with Crippen LogP contribution >= 0.6 is 0 Å². The van der Waals surface area contributed by atoms with Gasteiger partial charge in [0.15, 0.2) is 0 Å². The largest absolute Gasteiger partial charge is 0.381 e. The maximum atomic E-state index is 13.4. The Morgan fingerprint density at radius 3 is 2.78 bits per heavy atom. The van der Waals surface area contributed by atoms with E-state index in [2.05, 4.69) is 17.1 Å². The highest BCUT2D eigenvalue weighted by molar-refractivity contribution is 5.48. The van der Waals surface area contributed by atoms with Crippen molar-refractivity contribution in [2.75, 3.05) is 25.0 Å². The number of hydrogen-bond donors (Lipinski definition) is 1. The molecule has 1 N–H and O–H groups in total. The van der Waals surface area contributed by atoms with Crippen molar-refractivity contribution < 1.29 is 4.39 Å². The van der Waals surface area contributed by atoms with E-state index in [1.807, 2.05) is 6.07 Å². The van der Waals surface area contributed by atoms with E-state index in [1.54, 1.807) is 6.07 Å². The first-order valence-corrected chi connectivity index (χ1v) is 6.37. The summed E-state index contributed by atoms with van der Waals surface area (Å²) in [5.41, 5.74) is 0.825. The summed E-state index contributed by atoms with van der Waals surface area (Å²) in [4.78, 5) is 2.41.